The summed E-state index contributed by atoms with van der Waals surface area (Å²) >= 11 is 6.28. The van der Waals surface area contributed by atoms with Crippen molar-refractivity contribution in [3.05, 3.63) is 70.3 Å². The minimum atomic E-state index is -0.680. The van der Waals surface area contributed by atoms with Crippen LogP contribution in [0.1, 0.15) is 34.5 Å². The number of hydrogen-bond donors (Lipinski definition) is 2. The third kappa shape index (κ3) is 4.34. The molecule has 0 radical (unpaired) electrons. The fraction of sp³-hybridized carbons (Fsp3) is 0.308. The SMILES string of the molecule is Cc1cc(Cl)cc2ccnc(N(C(=O)c3ccc(-c4nnn(C)c4CO)cc3F)[C@@H]3CCCNC3)c12. The number of nitrogens with zero attached hydrogens (tertiary/aromatic N) is 5. The first-order chi connectivity index (χ1) is 17.4. The highest BCUT2D eigenvalue weighted by Crippen LogP contribution is 2.34. The second-order valence-corrected chi connectivity index (χ2v) is 9.43. The number of aliphatic hydroxyl groups excluding tert-OH is 1. The lowest BCUT2D eigenvalue weighted by molar-refractivity contribution is 0.0968. The topological polar surface area (TPSA) is 96.2 Å². The summed E-state index contributed by atoms with van der Waals surface area (Å²) in [6.07, 6.45) is 3.30. The summed E-state index contributed by atoms with van der Waals surface area (Å²) in [5.41, 5.74) is 2.08. The molecule has 1 amide bonds. The summed E-state index contributed by atoms with van der Waals surface area (Å²) in [6, 6.07) is 9.68. The molecule has 3 heterocycles. The number of aliphatic hydroxyl groups is 1. The van der Waals surface area contributed by atoms with Crippen molar-refractivity contribution in [1.82, 2.24) is 25.3 Å². The molecule has 1 fully saturated rings. The van der Waals surface area contributed by atoms with E-state index >= 15 is 4.39 Å². The van der Waals surface area contributed by atoms with Crippen LogP contribution in [0.3, 0.4) is 0 Å². The van der Waals surface area contributed by atoms with E-state index in [0.717, 1.165) is 35.7 Å². The molecule has 10 heteroatoms. The maximum Gasteiger partial charge on any atom is 0.262 e. The average molecular weight is 509 g/mol. The molecule has 0 aliphatic carbocycles. The van der Waals surface area contributed by atoms with Gasteiger partial charge in [-0.1, -0.05) is 22.9 Å². The Morgan fingerprint density at radius 1 is 1.31 bits per heavy atom. The van der Waals surface area contributed by atoms with Crippen molar-refractivity contribution in [1.29, 1.82) is 0 Å². The van der Waals surface area contributed by atoms with Gasteiger partial charge in [0.25, 0.3) is 5.91 Å². The maximum absolute atomic E-state index is 15.5. The number of hydrogen-bond acceptors (Lipinski definition) is 6. The molecule has 0 saturated carbocycles. The molecule has 5 rings (SSSR count). The number of pyridine rings is 1. The van der Waals surface area contributed by atoms with Gasteiger partial charge in [0.15, 0.2) is 0 Å². The number of nitrogens with one attached hydrogen (secondary N) is 1. The zero-order valence-corrected chi connectivity index (χ0v) is 20.8. The Kier molecular flexibility index (Phi) is 6.70. The molecule has 186 valence electrons. The number of aromatic nitrogens is 4. The lowest BCUT2D eigenvalue weighted by Crippen LogP contribution is -2.49. The molecule has 8 nitrogen and oxygen atoms in total. The van der Waals surface area contributed by atoms with Crippen LogP contribution in [-0.2, 0) is 13.7 Å². The normalized spacial score (nSPS) is 15.9. The van der Waals surface area contributed by atoms with Crippen LogP contribution in [0.15, 0.2) is 42.6 Å². The molecule has 0 spiro atoms. The Bertz CT molecular complexity index is 1450. The molecule has 1 aliphatic heterocycles. The fourth-order valence-corrected chi connectivity index (χ4v) is 5.16. The van der Waals surface area contributed by atoms with E-state index in [1.54, 1.807) is 24.2 Å². The van der Waals surface area contributed by atoms with Gasteiger partial charge in [0, 0.05) is 35.8 Å². The molecular formula is C26H26ClFN6O2. The molecule has 36 heavy (non-hydrogen) atoms. The molecule has 1 aliphatic rings. The number of halogens is 2. The van der Waals surface area contributed by atoms with E-state index in [4.69, 9.17) is 11.6 Å². The van der Waals surface area contributed by atoms with E-state index in [1.807, 2.05) is 25.1 Å². The van der Waals surface area contributed by atoms with Crippen molar-refractivity contribution in [2.24, 2.45) is 7.05 Å². The standard InChI is InChI=1S/C26H26ClFN6O2/c1-15-10-18(27)11-16-7-9-30-25(23(15)16)34(19-4-3-8-29-13-19)26(36)20-6-5-17(12-21(20)28)24-22(14-35)33(2)32-31-24/h5-7,9-12,19,29,35H,3-4,8,13-14H2,1-2H3/t19-/m1/s1. The number of rotatable bonds is 5. The van der Waals surface area contributed by atoms with Gasteiger partial charge in [0.2, 0.25) is 0 Å². The monoisotopic (exact) mass is 508 g/mol. The summed E-state index contributed by atoms with van der Waals surface area (Å²) in [4.78, 5) is 20.2. The van der Waals surface area contributed by atoms with Crippen LogP contribution in [0, 0.1) is 12.7 Å². The van der Waals surface area contributed by atoms with Gasteiger partial charge in [-0.05, 0) is 67.6 Å². The smallest absolute Gasteiger partial charge is 0.262 e. The van der Waals surface area contributed by atoms with Gasteiger partial charge in [-0.3, -0.25) is 9.69 Å². The van der Waals surface area contributed by atoms with Crippen molar-refractivity contribution < 1.29 is 14.3 Å². The number of amides is 1. The third-order valence-electron chi connectivity index (χ3n) is 6.65. The number of fused-ring (bicyclic) bond motifs is 1. The summed E-state index contributed by atoms with van der Waals surface area (Å²) in [6.45, 7) is 3.08. The van der Waals surface area contributed by atoms with E-state index < -0.39 is 11.7 Å². The highest BCUT2D eigenvalue weighted by molar-refractivity contribution is 6.31. The van der Waals surface area contributed by atoms with E-state index in [1.165, 1.54) is 16.8 Å². The Hall–Kier alpha value is -3.40. The minimum absolute atomic E-state index is 0.0656. The van der Waals surface area contributed by atoms with Gasteiger partial charge in [-0.25, -0.2) is 14.1 Å². The highest BCUT2D eigenvalue weighted by atomic mass is 35.5. The largest absolute Gasteiger partial charge is 0.390 e. The van der Waals surface area contributed by atoms with Crippen LogP contribution in [0.2, 0.25) is 5.02 Å². The molecule has 2 N–H and O–H groups in total. The number of anilines is 1. The van der Waals surface area contributed by atoms with Gasteiger partial charge in [0.05, 0.1) is 23.9 Å². The van der Waals surface area contributed by atoms with Crippen molar-refractivity contribution in [3.8, 4) is 11.3 Å². The Morgan fingerprint density at radius 2 is 2.14 bits per heavy atom. The predicted molar refractivity (Wildman–Crippen MR) is 137 cm³/mol. The van der Waals surface area contributed by atoms with E-state index in [-0.39, 0.29) is 18.2 Å². The predicted octanol–water partition coefficient (Wildman–Crippen LogP) is 4.02. The van der Waals surface area contributed by atoms with Gasteiger partial charge < -0.3 is 10.4 Å². The first-order valence-electron chi connectivity index (χ1n) is 11.8. The first-order valence-corrected chi connectivity index (χ1v) is 12.1. The number of aryl methyl sites for hydroxylation is 2. The maximum atomic E-state index is 15.5. The van der Waals surface area contributed by atoms with E-state index in [2.05, 4.69) is 20.6 Å². The van der Waals surface area contributed by atoms with Crippen LogP contribution >= 0.6 is 11.6 Å². The molecule has 0 bridgehead atoms. The van der Waals surface area contributed by atoms with Gasteiger partial charge >= 0.3 is 0 Å². The molecular weight excluding hydrogens is 483 g/mol. The molecule has 1 atom stereocenters. The Labute approximate surface area is 212 Å². The van der Waals surface area contributed by atoms with Crippen LogP contribution in [0.4, 0.5) is 10.2 Å². The summed E-state index contributed by atoms with van der Waals surface area (Å²) in [5, 5.41) is 23.2. The van der Waals surface area contributed by atoms with Crippen molar-refractivity contribution in [2.45, 2.75) is 32.4 Å². The van der Waals surface area contributed by atoms with Crippen LogP contribution in [0.5, 0.6) is 0 Å². The Morgan fingerprint density at radius 3 is 2.86 bits per heavy atom. The summed E-state index contributed by atoms with van der Waals surface area (Å²) in [7, 11) is 1.65. The van der Waals surface area contributed by atoms with E-state index in [9.17, 15) is 9.90 Å². The van der Waals surface area contributed by atoms with Crippen molar-refractivity contribution in [3.63, 3.8) is 0 Å². The molecule has 2 aromatic carbocycles. The number of benzene rings is 2. The zero-order chi connectivity index (χ0) is 25.4. The highest BCUT2D eigenvalue weighted by Gasteiger charge is 2.32. The lowest BCUT2D eigenvalue weighted by atomic mass is 10.0. The van der Waals surface area contributed by atoms with E-state index in [0.29, 0.717) is 34.3 Å². The summed E-state index contributed by atoms with van der Waals surface area (Å²) < 4.78 is 16.9. The molecule has 1 saturated heterocycles. The van der Waals surface area contributed by atoms with Crippen LogP contribution in [-0.4, -0.2) is 50.1 Å². The van der Waals surface area contributed by atoms with Crippen molar-refractivity contribution >= 4 is 34.1 Å². The lowest BCUT2D eigenvalue weighted by Gasteiger charge is -2.35. The molecule has 0 unspecified atom stereocenters. The number of carbonyl (C=O) groups is 1. The number of piperidine rings is 1. The fourth-order valence-electron chi connectivity index (χ4n) is 4.87. The van der Waals surface area contributed by atoms with Gasteiger partial charge in [-0.15, -0.1) is 5.10 Å². The molecule has 2 aromatic heterocycles. The quantitative estimate of drug-likeness (QED) is 0.422. The second-order valence-electron chi connectivity index (χ2n) is 8.99. The Balaban J connectivity index is 1.61. The zero-order valence-electron chi connectivity index (χ0n) is 20.0. The number of carbonyl (C=O) groups excluding carboxylic acids is 1. The van der Waals surface area contributed by atoms with Crippen molar-refractivity contribution in [2.75, 3.05) is 18.0 Å². The summed E-state index contributed by atoms with van der Waals surface area (Å²) in [5.74, 6) is -0.662. The van der Waals surface area contributed by atoms with Crippen LogP contribution < -0.4 is 10.2 Å². The van der Waals surface area contributed by atoms with Crippen LogP contribution in [0.25, 0.3) is 22.0 Å². The second kappa shape index (κ2) is 9.93. The average Bonchev–Trinajstić information content (AvgIpc) is 3.24. The van der Waals surface area contributed by atoms with Gasteiger partial charge in [-0.2, -0.15) is 0 Å². The van der Waals surface area contributed by atoms with Gasteiger partial charge in [0.1, 0.15) is 17.3 Å². The first kappa shape index (κ1) is 24.3. The molecule has 4 aromatic rings. The third-order valence-corrected chi connectivity index (χ3v) is 6.87. The minimum Gasteiger partial charge on any atom is -0.390 e.